The van der Waals surface area contributed by atoms with E-state index in [0.717, 1.165) is 11.1 Å². The Kier molecular flexibility index (Phi) is 7.91. The zero-order valence-electron chi connectivity index (χ0n) is 19.0. The summed E-state index contributed by atoms with van der Waals surface area (Å²) in [6, 6.07) is 17.9. The first-order valence-electron chi connectivity index (χ1n) is 10.4. The molecule has 9 heteroatoms. The molecule has 1 amide bonds. The molecule has 0 heterocycles. The minimum Gasteiger partial charge on any atom is -0.496 e. The number of hydrogen-bond acceptors (Lipinski definition) is 7. The Bertz CT molecular complexity index is 1300. The first kappa shape index (κ1) is 24.8. The van der Waals surface area contributed by atoms with Crippen LogP contribution in [0.2, 0.25) is 0 Å². The van der Waals surface area contributed by atoms with Gasteiger partial charge in [-0.05, 0) is 49.2 Å². The number of hydrogen-bond donors (Lipinski definition) is 1. The van der Waals surface area contributed by atoms with E-state index in [-0.39, 0.29) is 22.8 Å². The highest BCUT2D eigenvalue weighted by atomic mass is 32.2. The van der Waals surface area contributed by atoms with E-state index in [2.05, 4.69) is 5.32 Å². The number of ether oxygens (including phenoxy) is 2. The van der Waals surface area contributed by atoms with Gasteiger partial charge in [-0.2, -0.15) is 8.42 Å². The first-order chi connectivity index (χ1) is 16.2. The van der Waals surface area contributed by atoms with Gasteiger partial charge in [0.05, 0.1) is 7.11 Å². The molecule has 0 aliphatic rings. The number of methoxy groups -OCH3 is 1. The molecule has 3 rings (SSSR count). The van der Waals surface area contributed by atoms with Crippen LogP contribution in [0.25, 0.3) is 0 Å². The Labute approximate surface area is 198 Å². The van der Waals surface area contributed by atoms with Crippen LogP contribution in [0.1, 0.15) is 27.0 Å². The molecular formula is C25H25NO7S. The lowest BCUT2D eigenvalue weighted by molar-refractivity contribution is -0.124. The van der Waals surface area contributed by atoms with Gasteiger partial charge in [0.15, 0.2) is 12.4 Å². The summed E-state index contributed by atoms with van der Waals surface area (Å²) < 4.78 is 41.3. The van der Waals surface area contributed by atoms with Gasteiger partial charge in [0.1, 0.15) is 16.2 Å². The van der Waals surface area contributed by atoms with Crippen LogP contribution < -0.4 is 14.2 Å². The number of para-hydroxylation sites is 2. The van der Waals surface area contributed by atoms with Crippen molar-refractivity contribution in [3.05, 3.63) is 89.0 Å². The zero-order valence-corrected chi connectivity index (χ0v) is 19.8. The third-order valence-electron chi connectivity index (χ3n) is 4.92. The Morgan fingerprint density at radius 2 is 1.59 bits per heavy atom. The summed E-state index contributed by atoms with van der Waals surface area (Å²) in [5, 5.41) is 2.64. The maximum Gasteiger partial charge on any atom is 0.342 e. The van der Waals surface area contributed by atoms with Crippen LogP contribution in [0.3, 0.4) is 0 Å². The Morgan fingerprint density at radius 1 is 0.912 bits per heavy atom. The van der Waals surface area contributed by atoms with Crippen LogP contribution >= 0.6 is 0 Å². The highest BCUT2D eigenvalue weighted by Gasteiger charge is 2.23. The van der Waals surface area contributed by atoms with Crippen LogP contribution in [0, 0.1) is 13.8 Å². The molecule has 0 unspecified atom stereocenters. The van der Waals surface area contributed by atoms with Crippen molar-refractivity contribution in [1.82, 2.24) is 5.32 Å². The smallest absolute Gasteiger partial charge is 0.342 e. The molecule has 0 aromatic heterocycles. The van der Waals surface area contributed by atoms with Gasteiger partial charge in [-0.15, -0.1) is 0 Å². The number of aryl methyl sites for hydroxylation is 2. The Morgan fingerprint density at radius 3 is 2.32 bits per heavy atom. The molecule has 0 spiro atoms. The molecule has 3 aromatic carbocycles. The molecule has 0 bridgehead atoms. The summed E-state index contributed by atoms with van der Waals surface area (Å²) in [6.45, 7) is 3.06. The minimum absolute atomic E-state index is 0.00592. The fourth-order valence-electron chi connectivity index (χ4n) is 3.15. The van der Waals surface area contributed by atoms with Crippen LogP contribution in [0.15, 0.2) is 71.6 Å². The van der Waals surface area contributed by atoms with E-state index in [9.17, 15) is 18.0 Å². The summed E-state index contributed by atoms with van der Waals surface area (Å²) in [7, 11) is -2.67. The van der Waals surface area contributed by atoms with Crippen LogP contribution in [-0.4, -0.2) is 34.0 Å². The lowest BCUT2D eigenvalue weighted by Crippen LogP contribution is -2.28. The molecule has 0 saturated heterocycles. The topological polar surface area (TPSA) is 108 Å². The molecule has 1 N–H and O–H groups in total. The number of nitrogens with one attached hydrogen (secondary N) is 1. The van der Waals surface area contributed by atoms with Gasteiger partial charge in [-0.1, -0.05) is 42.5 Å². The van der Waals surface area contributed by atoms with Crippen LogP contribution in [-0.2, 0) is 26.2 Å². The Balaban J connectivity index is 1.66. The van der Waals surface area contributed by atoms with Crippen molar-refractivity contribution < 1.29 is 31.7 Å². The van der Waals surface area contributed by atoms with E-state index in [0.29, 0.717) is 11.3 Å². The van der Waals surface area contributed by atoms with E-state index in [1.165, 1.54) is 37.4 Å². The van der Waals surface area contributed by atoms with Crippen molar-refractivity contribution in [3.63, 3.8) is 0 Å². The highest BCUT2D eigenvalue weighted by Crippen LogP contribution is 2.26. The van der Waals surface area contributed by atoms with Crippen LogP contribution in [0.5, 0.6) is 11.5 Å². The first-order valence-corrected chi connectivity index (χ1v) is 11.8. The predicted molar refractivity (Wildman–Crippen MR) is 125 cm³/mol. The van der Waals surface area contributed by atoms with E-state index in [1.54, 1.807) is 38.1 Å². The zero-order chi connectivity index (χ0) is 24.7. The van der Waals surface area contributed by atoms with Crippen LogP contribution in [0.4, 0.5) is 0 Å². The minimum atomic E-state index is -4.20. The summed E-state index contributed by atoms with van der Waals surface area (Å²) in [5.74, 6) is -0.987. The van der Waals surface area contributed by atoms with Gasteiger partial charge in [-0.3, -0.25) is 4.79 Å². The lowest BCUT2D eigenvalue weighted by atomic mass is 10.2. The summed E-state index contributed by atoms with van der Waals surface area (Å²) >= 11 is 0. The molecule has 0 fully saturated rings. The van der Waals surface area contributed by atoms with Gasteiger partial charge in [-0.25, -0.2) is 4.79 Å². The molecule has 8 nitrogen and oxygen atoms in total. The van der Waals surface area contributed by atoms with Crippen molar-refractivity contribution in [1.29, 1.82) is 0 Å². The quantitative estimate of drug-likeness (QED) is 0.366. The lowest BCUT2D eigenvalue weighted by Gasteiger charge is -2.13. The van der Waals surface area contributed by atoms with Gasteiger partial charge in [0, 0.05) is 12.1 Å². The second-order valence-corrected chi connectivity index (χ2v) is 8.98. The van der Waals surface area contributed by atoms with Gasteiger partial charge < -0.3 is 19.0 Å². The maximum absolute atomic E-state index is 12.8. The fraction of sp³-hybridized carbons (Fsp3) is 0.200. The van der Waals surface area contributed by atoms with Crippen molar-refractivity contribution in [3.8, 4) is 11.5 Å². The van der Waals surface area contributed by atoms with E-state index >= 15 is 0 Å². The number of benzene rings is 3. The number of carbonyl (C=O) groups excluding carboxylic acids is 2. The fourth-order valence-corrected chi connectivity index (χ4v) is 4.41. The highest BCUT2D eigenvalue weighted by molar-refractivity contribution is 7.87. The van der Waals surface area contributed by atoms with E-state index in [4.69, 9.17) is 13.7 Å². The maximum atomic E-state index is 12.8. The molecular weight excluding hydrogens is 458 g/mol. The molecule has 0 radical (unpaired) electrons. The third-order valence-corrected chi connectivity index (χ3v) is 6.30. The van der Waals surface area contributed by atoms with Crippen molar-refractivity contribution >= 4 is 22.0 Å². The van der Waals surface area contributed by atoms with Gasteiger partial charge in [0.25, 0.3) is 5.91 Å². The van der Waals surface area contributed by atoms with E-state index in [1.807, 2.05) is 12.1 Å². The molecule has 0 atom stereocenters. The molecule has 178 valence electrons. The third kappa shape index (κ3) is 6.14. The van der Waals surface area contributed by atoms with Crippen molar-refractivity contribution in [2.45, 2.75) is 25.3 Å². The average molecular weight is 484 g/mol. The normalized spacial score (nSPS) is 10.9. The Hall–Kier alpha value is -3.85. The number of esters is 1. The monoisotopic (exact) mass is 483 g/mol. The number of rotatable bonds is 9. The average Bonchev–Trinajstić information content (AvgIpc) is 2.82. The second kappa shape index (κ2) is 10.8. The van der Waals surface area contributed by atoms with Crippen molar-refractivity contribution in [2.24, 2.45) is 0 Å². The summed E-state index contributed by atoms with van der Waals surface area (Å²) in [5.41, 5.74) is 1.91. The molecule has 0 aliphatic heterocycles. The molecule has 3 aromatic rings. The molecule has 34 heavy (non-hydrogen) atoms. The van der Waals surface area contributed by atoms with Gasteiger partial charge in [0.2, 0.25) is 0 Å². The largest absolute Gasteiger partial charge is 0.496 e. The van der Waals surface area contributed by atoms with Gasteiger partial charge >= 0.3 is 16.1 Å². The molecule has 0 aliphatic carbocycles. The number of amides is 1. The summed E-state index contributed by atoms with van der Waals surface area (Å²) in [4.78, 5) is 24.8. The standard InChI is InChI=1S/C25H25NO7S/c1-17-12-13-18(2)23(14-17)34(29,30)33-22-11-7-5-9-20(22)25(28)32-16-24(27)26-15-19-8-4-6-10-21(19)31-3/h4-14H,15-16H2,1-3H3,(H,26,27). The SMILES string of the molecule is COc1ccccc1CNC(=O)COC(=O)c1ccccc1OS(=O)(=O)c1cc(C)ccc1C. The second-order valence-electron chi connectivity index (χ2n) is 7.47. The number of carbonyl (C=O) groups is 2. The van der Waals surface area contributed by atoms with Crippen molar-refractivity contribution in [2.75, 3.05) is 13.7 Å². The summed E-state index contributed by atoms with van der Waals surface area (Å²) in [6.07, 6.45) is 0. The van der Waals surface area contributed by atoms with E-state index < -0.39 is 28.6 Å². The predicted octanol–water partition coefficient (Wildman–Crippen LogP) is 3.55. The molecule has 0 saturated carbocycles.